The molecule has 0 aliphatic heterocycles. The lowest BCUT2D eigenvalue weighted by atomic mass is 10.1. The quantitative estimate of drug-likeness (QED) is 0.0409. The molecule has 7 heterocycles. The summed E-state index contributed by atoms with van der Waals surface area (Å²) < 4.78 is 9.42. The fraction of sp³-hybridized carbons (Fsp3) is 0.169. The zero-order valence-electron chi connectivity index (χ0n) is 50.0. The Hall–Kier alpha value is -11.2. The molecule has 0 aliphatic carbocycles. The molecule has 26 heteroatoms. The van der Waals surface area contributed by atoms with Crippen LogP contribution >= 0.6 is 34.8 Å². The number of benzene rings is 7. The average molecular weight is 1360 g/mol. The Morgan fingerprint density at radius 1 is 0.474 bits per heavy atom. The van der Waals surface area contributed by atoms with Gasteiger partial charge in [0.25, 0.3) is 0 Å². The maximum Gasteiger partial charge on any atom is 0.300 e. The van der Waals surface area contributed by atoms with Gasteiger partial charge in [0.05, 0.1) is 49.3 Å². The van der Waals surface area contributed by atoms with Crippen LogP contribution in [0.5, 0.6) is 0 Å². The number of nitro benzene ring substituents is 1. The minimum atomic E-state index is -0.515. The highest BCUT2D eigenvalue weighted by atomic mass is 35.5. The number of aryl methyl sites for hydroxylation is 1. The molecule has 0 bridgehead atoms. The van der Waals surface area contributed by atoms with Crippen LogP contribution in [-0.2, 0) is 35.6 Å². The predicted octanol–water partition coefficient (Wildman–Crippen LogP) is 14.7. The van der Waals surface area contributed by atoms with Crippen molar-refractivity contribution < 1.29 is 24.2 Å². The van der Waals surface area contributed by atoms with Crippen LogP contribution in [-0.4, -0.2) is 112 Å². The Morgan fingerprint density at radius 3 is 1.20 bits per heavy atom. The minimum Gasteiger partial charge on any atom is -0.394 e. The number of unbranched alkanes of at least 4 members (excludes halogenated alkanes) is 1. The van der Waals surface area contributed by atoms with Gasteiger partial charge in [-0.3, -0.25) is 19.7 Å². The van der Waals surface area contributed by atoms with Gasteiger partial charge in [-0.25, -0.2) is 18.7 Å². The fourth-order valence-electron chi connectivity index (χ4n) is 10.6. The summed E-state index contributed by atoms with van der Waals surface area (Å²) in [5.41, 5.74) is 11.7. The number of likely N-dealkylation sites (N-methyl/N-ethyl adjacent to an activating group) is 1. The van der Waals surface area contributed by atoms with Gasteiger partial charge in [0, 0.05) is 53.0 Å². The predicted molar refractivity (Wildman–Crippen MR) is 379 cm³/mol. The number of nitro groups is 1. The highest BCUT2D eigenvalue weighted by Gasteiger charge is 2.26. The van der Waals surface area contributed by atoms with E-state index in [2.05, 4.69) is 61.7 Å². The van der Waals surface area contributed by atoms with Crippen molar-refractivity contribution in [2.45, 2.75) is 61.2 Å². The first-order valence-corrected chi connectivity index (χ1v) is 30.7. The van der Waals surface area contributed by atoms with Crippen molar-refractivity contribution in [3.8, 4) is 67.5 Å². The van der Waals surface area contributed by atoms with Crippen molar-refractivity contribution in [1.29, 1.82) is 0 Å². The standard InChI is InChI=1S/C29H23ClN8O4.C20H16ClN5O.C19H15ClN4O.3CH4/c30-24-23-25(18-9-3-1-4-10-18)34-37(29(23)33-32-26(24)19-11-5-2-6-12-19)17-22(39)31-16-8-7-13-20-14-15-21(38(40)41)28-27(20)35-42-36-28;1-22-15(27)12-26-20-16(18(25-26)13-8-4-2-5-9-13)17(21)19(23-24-20)14-10-6-3-7-11-14;20-16-15-17(13-7-3-1-4-8-13)23-24(11-12-25)19(15)22-21-18(16)14-9-5-2-6-10-14;;;/h1-6,9-12,14-15H,7-8,13,16-17H2,(H,31,39);2-11H,12H2,1H3,(H,22,27);1-10,25H,11-12H2;3*1H4. The second kappa shape index (κ2) is 32.3. The number of nitrogens with zero attached hydrogens (tertiary/aromatic N) is 15. The van der Waals surface area contributed by atoms with Crippen LogP contribution < -0.4 is 10.6 Å². The second-order valence-corrected chi connectivity index (χ2v) is 22.3. The smallest absolute Gasteiger partial charge is 0.300 e. The highest BCUT2D eigenvalue weighted by molar-refractivity contribution is 6.40. The molecule has 0 saturated carbocycles. The van der Waals surface area contributed by atoms with E-state index in [4.69, 9.17) is 44.5 Å². The molecule has 0 unspecified atom stereocenters. The number of fused-ring (bicyclic) bond motifs is 4. The zero-order chi connectivity index (χ0) is 65.1. The maximum atomic E-state index is 12.9. The normalized spacial score (nSPS) is 10.8. The van der Waals surface area contributed by atoms with Crippen molar-refractivity contribution in [1.82, 2.24) is 80.9 Å². The molecular formula is C71H66Cl3N17O6. The lowest BCUT2D eigenvalue weighted by Gasteiger charge is -2.07. The Morgan fingerprint density at radius 2 is 0.825 bits per heavy atom. The number of hydrogen-bond donors (Lipinski definition) is 3. The number of amides is 2. The van der Waals surface area contributed by atoms with Gasteiger partial charge >= 0.3 is 5.69 Å². The maximum absolute atomic E-state index is 12.9. The number of carbonyl (C=O) groups is 2. The molecule has 0 aliphatic rings. The summed E-state index contributed by atoms with van der Waals surface area (Å²) in [5.74, 6) is -0.411. The number of aromatic nitrogens is 14. The summed E-state index contributed by atoms with van der Waals surface area (Å²) in [7, 11) is 1.58. The van der Waals surface area contributed by atoms with E-state index in [1.54, 1.807) is 17.8 Å². The third-order valence-electron chi connectivity index (χ3n) is 15.1. The summed E-state index contributed by atoms with van der Waals surface area (Å²) in [6.45, 7) is 0.702. The molecule has 14 rings (SSSR count). The van der Waals surface area contributed by atoms with Crippen molar-refractivity contribution in [2.75, 3.05) is 20.2 Å². The molecule has 0 radical (unpaired) electrons. The average Bonchev–Trinajstić information content (AvgIpc) is 1.66. The van der Waals surface area contributed by atoms with Gasteiger partial charge < -0.3 is 15.7 Å². The fourth-order valence-corrected chi connectivity index (χ4v) is 11.5. The summed E-state index contributed by atoms with van der Waals surface area (Å²) in [6.07, 6.45) is 1.99. The molecule has 0 fully saturated rings. The highest BCUT2D eigenvalue weighted by Crippen LogP contribution is 2.40. The van der Waals surface area contributed by atoms with Crippen LogP contribution in [0.25, 0.3) is 112 Å². The second-order valence-electron chi connectivity index (χ2n) is 21.1. The van der Waals surface area contributed by atoms with E-state index in [1.165, 1.54) is 15.4 Å². The van der Waals surface area contributed by atoms with Crippen LogP contribution in [0.15, 0.2) is 199 Å². The Kier molecular flexibility index (Phi) is 23.3. The monoisotopic (exact) mass is 1360 g/mol. The van der Waals surface area contributed by atoms with Gasteiger partial charge in [0.15, 0.2) is 16.9 Å². The SMILES string of the molecule is C.C.C.CNC(=O)Cn1nc(-c2ccccc2)c2c(Cl)c(-c3ccccc3)nnc21.O=C(Cn1nc(-c2ccccc2)c2c(Cl)c(-c3ccccc3)nnc21)NCCCCc1ccc([N+](=O)[O-])c2nonc12.OCCn1nc(-c2ccccc2)c2c(Cl)c(-c3ccccc3)nnc21. The zero-order valence-corrected chi connectivity index (χ0v) is 52.2. The van der Waals surface area contributed by atoms with Gasteiger partial charge in [-0.2, -0.15) is 15.3 Å². The van der Waals surface area contributed by atoms with Gasteiger partial charge in [-0.1, -0.05) is 239 Å². The number of hydrogen-bond acceptors (Lipinski definition) is 17. The molecule has 7 aromatic heterocycles. The number of non-ortho nitro benzene ring substituents is 1. The number of nitrogens with one attached hydrogen (secondary N) is 2. The number of aliphatic hydroxyl groups is 1. The van der Waals surface area contributed by atoms with E-state index < -0.39 is 4.92 Å². The van der Waals surface area contributed by atoms with Crippen molar-refractivity contribution >= 4 is 96.4 Å². The van der Waals surface area contributed by atoms with Crippen molar-refractivity contribution in [3.05, 3.63) is 225 Å². The topological polar surface area (TPSA) is 291 Å². The summed E-state index contributed by atoms with van der Waals surface area (Å²) in [4.78, 5) is 35.5. The van der Waals surface area contributed by atoms with Crippen LogP contribution in [0.1, 0.15) is 40.7 Å². The van der Waals surface area contributed by atoms with Crippen molar-refractivity contribution in [3.63, 3.8) is 0 Å². The van der Waals surface area contributed by atoms with E-state index >= 15 is 0 Å². The first kappa shape index (κ1) is 70.1. The molecule has 492 valence electrons. The summed E-state index contributed by atoms with van der Waals surface area (Å²) in [6, 6.07) is 61.0. The summed E-state index contributed by atoms with van der Waals surface area (Å²) in [5, 5.41) is 77.0. The number of aliphatic hydroxyl groups excluding tert-OH is 1. The third-order valence-corrected chi connectivity index (χ3v) is 16.2. The molecule has 14 aromatic rings. The first-order chi connectivity index (χ1) is 46.0. The van der Waals surface area contributed by atoms with Crippen LogP contribution in [0.3, 0.4) is 0 Å². The number of halogens is 3. The molecule has 23 nitrogen and oxygen atoms in total. The first-order valence-electron chi connectivity index (χ1n) is 29.6. The van der Waals surface area contributed by atoms with E-state index in [1.807, 2.05) is 182 Å². The number of carbonyl (C=O) groups excluding carboxylic acids is 2. The Labute approximate surface area is 572 Å². The number of rotatable bonds is 18. The largest absolute Gasteiger partial charge is 0.394 e. The Balaban J connectivity index is 0.000000176. The molecule has 97 heavy (non-hydrogen) atoms. The van der Waals surface area contributed by atoms with Crippen LogP contribution in [0.2, 0.25) is 15.1 Å². The molecule has 2 amide bonds. The van der Waals surface area contributed by atoms with Crippen LogP contribution in [0.4, 0.5) is 5.69 Å². The lowest BCUT2D eigenvalue weighted by molar-refractivity contribution is -0.383. The van der Waals surface area contributed by atoms with Crippen molar-refractivity contribution in [2.24, 2.45) is 0 Å². The molecule has 0 atom stereocenters. The van der Waals surface area contributed by atoms with Gasteiger partial charge in [-0.05, 0) is 41.2 Å². The molecule has 7 aromatic carbocycles. The molecule has 0 saturated heterocycles. The summed E-state index contributed by atoms with van der Waals surface area (Å²) >= 11 is 20.4. The van der Waals surface area contributed by atoms with Gasteiger partial charge in [0.1, 0.15) is 52.8 Å². The molecule has 3 N–H and O–H groups in total. The molecular weight excluding hydrogens is 1290 g/mol. The third kappa shape index (κ3) is 15.1. The van der Waals surface area contributed by atoms with Gasteiger partial charge in [-0.15, -0.1) is 30.6 Å². The van der Waals surface area contributed by atoms with E-state index in [9.17, 15) is 24.8 Å². The minimum absolute atomic E-state index is 0. The van der Waals surface area contributed by atoms with E-state index in [-0.39, 0.29) is 65.0 Å². The van der Waals surface area contributed by atoms with E-state index in [0.717, 1.165) is 50.0 Å². The Bertz CT molecular complexity index is 5010. The molecule has 0 spiro atoms. The van der Waals surface area contributed by atoms with Crippen LogP contribution in [0, 0.1) is 10.1 Å². The van der Waals surface area contributed by atoms with E-state index in [0.29, 0.717) is 109 Å². The lowest BCUT2D eigenvalue weighted by Crippen LogP contribution is -2.29. The van der Waals surface area contributed by atoms with Gasteiger partial charge in [0.2, 0.25) is 17.3 Å².